The minimum Gasteiger partial charge on any atom is -0.466 e. The van der Waals surface area contributed by atoms with E-state index in [0.29, 0.717) is 19.1 Å². The maximum absolute atomic E-state index is 12.1. The summed E-state index contributed by atoms with van der Waals surface area (Å²) in [6, 6.07) is 0.0231. The molecule has 0 amide bonds. The summed E-state index contributed by atoms with van der Waals surface area (Å²) in [5.74, 6) is -0.794. The number of nitrogens with zero attached hydrogens (tertiary/aromatic N) is 3. The lowest BCUT2D eigenvalue weighted by Gasteiger charge is -2.47. The molecule has 0 aliphatic carbocycles. The van der Waals surface area contributed by atoms with Crippen molar-refractivity contribution in [2.24, 2.45) is 0 Å². The highest BCUT2D eigenvalue weighted by molar-refractivity contribution is 6.36. The van der Waals surface area contributed by atoms with E-state index >= 15 is 0 Å². The van der Waals surface area contributed by atoms with Crippen LogP contribution in [-0.2, 0) is 19.1 Å². The highest BCUT2D eigenvalue weighted by Crippen LogP contribution is 2.35. The predicted octanol–water partition coefficient (Wildman–Crippen LogP) is 1.95. The first-order valence-corrected chi connectivity index (χ1v) is 8.94. The minimum atomic E-state index is -0.578. The lowest BCUT2D eigenvalue weighted by atomic mass is 9.83. The summed E-state index contributed by atoms with van der Waals surface area (Å²) in [6.07, 6.45) is 6.03. The largest absolute Gasteiger partial charge is 0.466 e. The molecule has 2 aliphatic rings. The summed E-state index contributed by atoms with van der Waals surface area (Å²) in [6.45, 7) is 4.12. The molecule has 0 spiro atoms. The maximum atomic E-state index is 12.1. The molecule has 134 valence electrons. The molecule has 2 aliphatic heterocycles. The molecule has 0 aromatic carbocycles. The van der Waals surface area contributed by atoms with Gasteiger partial charge in [-0.2, -0.15) is 4.79 Å². The second-order valence-corrected chi connectivity index (χ2v) is 6.35. The molecule has 2 heterocycles. The average Bonchev–Trinajstić information content (AvgIpc) is 2.56. The van der Waals surface area contributed by atoms with Crippen molar-refractivity contribution in [1.29, 1.82) is 0 Å². The van der Waals surface area contributed by atoms with E-state index < -0.39 is 5.97 Å². The molecule has 0 N–H and O–H groups in total. The highest BCUT2D eigenvalue weighted by atomic mass is 16.5. The van der Waals surface area contributed by atoms with Crippen LogP contribution < -0.4 is 0 Å². The van der Waals surface area contributed by atoms with Crippen LogP contribution in [0.4, 0.5) is 0 Å². The number of carbonyl (C=O) groups excluding carboxylic acids is 2. The predicted molar refractivity (Wildman–Crippen MR) is 87.4 cm³/mol. The number of fused-ring (bicyclic) bond motifs is 1. The van der Waals surface area contributed by atoms with E-state index in [1.807, 2.05) is 0 Å². The summed E-state index contributed by atoms with van der Waals surface area (Å²) in [5.41, 5.74) is 9.44. The summed E-state index contributed by atoms with van der Waals surface area (Å²) in [5, 5.41) is 0. The lowest BCUT2D eigenvalue weighted by Crippen LogP contribution is -2.59. The third kappa shape index (κ3) is 4.22. The van der Waals surface area contributed by atoms with Crippen molar-refractivity contribution in [2.45, 2.75) is 76.9 Å². The molecule has 0 unspecified atom stereocenters. The molecule has 0 radical (unpaired) electrons. The van der Waals surface area contributed by atoms with Gasteiger partial charge in [0.15, 0.2) is 0 Å². The normalized spacial score (nSPS) is 26.8. The molecule has 2 saturated heterocycles. The van der Waals surface area contributed by atoms with Crippen LogP contribution >= 0.6 is 0 Å². The van der Waals surface area contributed by atoms with E-state index in [1.54, 1.807) is 13.8 Å². The van der Waals surface area contributed by atoms with Gasteiger partial charge in [0, 0.05) is 12.1 Å². The van der Waals surface area contributed by atoms with Gasteiger partial charge in [0.1, 0.15) is 6.04 Å². The van der Waals surface area contributed by atoms with Gasteiger partial charge in [-0.05, 0) is 46.0 Å². The number of piperidine rings is 2. The van der Waals surface area contributed by atoms with Crippen molar-refractivity contribution in [3.8, 4) is 0 Å². The van der Waals surface area contributed by atoms with Crippen LogP contribution in [-0.4, -0.2) is 58.7 Å². The Morgan fingerprint density at radius 3 is 2.38 bits per heavy atom. The molecular weight excluding hydrogens is 310 g/mol. The number of esters is 2. The van der Waals surface area contributed by atoms with Gasteiger partial charge in [0.2, 0.25) is 0 Å². The second kappa shape index (κ2) is 8.94. The van der Waals surface area contributed by atoms with Gasteiger partial charge in [0.05, 0.1) is 19.6 Å². The van der Waals surface area contributed by atoms with Gasteiger partial charge < -0.3 is 15.0 Å². The molecule has 0 aromatic rings. The second-order valence-electron chi connectivity index (χ2n) is 6.35. The van der Waals surface area contributed by atoms with Gasteiger partial charge in [-0.25, -0.2) is 4.79 Å². The molecular formula is C17H27N3O4. The topological polar surface area (TPSA) is 92.2 Å². The fourth-order valence-corrected chi connectivity index (χ4v) is 4.03. The fraction of sp³-hybridized carbons (Fsp3) is 0.824. The molecule has 7 heteroatoms. The molecule has 3 atom stereocenters. The zero-order valence-electron chi connectivity index (χ0n) is 14.6. The Morgan fingerprint density at radius 1 is 1.08 bits per heavy atom. The summed E-state index contributed by atoms with van der Waals surface area (Å²) < 4.78 is 10.1. The van der Waals surface area contributed by atoms with E-state index in [2.05, 4.69) is 9.69 Å². The average molecular weight is 337 g/mol. The summed E-state index contributed by atoms with van der Waals surface area (Å²) in [4.78, 5) is 29.6. The summed E-state index contributed by atoms with van der Waals surface area (Å²) >= 11 is 0. The standard InChI is InChI=1S/C17H27N3O4/c1-3-23-15(21)11-13-9-5-7-12-8-6-10-14(20(12)13)16(19-18)17(22)24-4-2/h12-14H,3-11H2,1-2H3/t12-,13-,14-/m0/s1. The van der Waals surface area contributed by atoms with Crippen LogP contribution in [0.15, 0.2) is 0 Å². The van der Waals surface area contributed by atoms with E-state index in [4.69, 9.17) is 9.47 Å². The molecule has 0 saturated carbocycles. The molecule has 0 bridgehead atoms. The molecule has 2 fully saturated rings. The quantitative estimate of drug-likeness (QED) is 0.320. The van der Waals surface area contributed by atoms with Crippen LogP contribution in [0.25, 0.3) is 5.53 Å². The van der Waals surface area contributed by atoms with Crippen molar-refractivity contribution >= 4 is 17.7 Å². The first kappa shape index (κ1) is 18.6. The zero-order valence-corrected chi connectivity index (χ0v) is 14.6. The number of hydrogen-bond donors (Lipinski definition) is 0. The number of ether oxygens (including phenoxy) is 2. The first-order chi connectivity index (χ1) is 11.6. The molecule has 2 rings (SSSR count). The zero-order chi connectivity index (χ0) is 17.5. The Kier molecular flexibility index (Phi) is 6.94. The van der Waals surface area contributed by atoms with Crippen LogP contribution in [0, 0.1) is 0 Å². The van der Waals surface area contributed by atoms with Crippen molar-refractivity contribution in [2.75, 3.05) is 13.2 Å². The Balaban J connectivity index is 2.21. The van der Waals surface area contributed by atoms with Crippen LogP contribution in [0.1, 0.15) is 58.8 Å². The minimum absolute atomic E-state index is 0.0132. The molecule has 7 nitrogen and oxygen atoms in total. The highest BCUT2D eigenvalue weighted by Gasteiger charge is 2.46. The van der Waals surface area contributed by atoms with Gasteiger partial charge in [0.25, 0.3) is 0 Å². The Labute approximate surface area is 142 Å². The van der Waals surface area contributed by atoms with Crippen LogP contribution in [0.5, 0.6) is 0 Å². The Morgan fingerprint density at radius 2 is 1.75 bits per heavy atom. The molecule has 24 heavy (non-hydrogen) atoms. The van der Waals surface area contributed by atoms with Gasteiger partial charge in [-0.3, -0.25) is 9.69 Å². The summed E-state index contributed by atoms with van der Waals surface area (Å²) in [7, 11) is 0. The van der Waals surface area contributed by atoms with Crippen molar-refractivity contribution in [3.05, 3.63) is 5.53 Å². The van der Waals surface area contributed by atoms with E-state index in [9.17, 15) is 15.1 Å². The van der Waals surface area contributed by atoms with E-state index in [1.165, 1.54) is 0 Å². The number of hydrogen-bond acceptors (Lipinski definition) is 5. The van der Waals surface area contributed by atoms with Crippen molar-refractivity contribution in [1.82, 2.24) is 4.90 Å². The molecule has 0 aromatic heterocycles. The monoisotopic (exact) mass is 337 g/mol. The smallest absolute Gasteiger partial charge is 0.418 e. The Hall–Kier alpha value is -1.72. The number of carbonyl (C=O) groups is 2. The van der Waals surface area contributed by atoms with Crippen molar-refractivity contribution in [3.63, 3.8) is 0 Å². The van der Waals surface area contributed by atoms with Crippen LogP contribution in [0.3, 0.4) is 0 Å². The third-order valence-electron chi connectivity index (χ3n) is 4.91. The van der Waals surface area contributed by atoms with E-state index in [-0.39, 0.29) is 30.4 Å². The SMILES string of the molecule is CCOC(=O)C[C@@H]1CCC[C@H]2CCC[C@@H](C(=[N+]=[N-])C(=O)OCC)N21. The van der Waals surface area contributed by atoms with E-state index in [0.717, 1.165) is 38.5 Å². The fourth-order valence-electron chi connectivity index (χ4n) is 4.03. The maximum Gasteiger partial charge on any atom is 0.418 e. The van der Waals surface area contributed by atoms with Crippen LogP contribution in [0.2, 0.25) is 0 Å². The van der Waals surface area contributed by atoms with Gasteiger partial charge in [-0.1, -0.05) is 6.42 Å². The van der Waals surface area contributed by atoms with Gasteiger partial charge >= 0.3 is 17.7 Å². The Bertz CT molecular complexity index is 514. The van der Waals surface area contributed by atoms with Crippen molar-refractivity contribution < 1.29 is 23.9 Å². The van der Waals surface area contributed by atoms with Gasteiger partial charge in [-0.15, -0.1) is 0 Å². The lowest BCUT2D eigenvalue weighted by molar-refractivity contribution is -0.146. The first-order valence-electron chi connectivity index (χ1n) is 8.94. The third-order valence-corrected chi connectivity index (χ3v) is 4.91. The number of rotatable bonds is 6.